The molecule has 3 heterocycles. The summed E-state index contributed by atoms with van der Waals surface area (Å²) in [6.07, 6.45) is 2.00. The molecule has 31 heavy (non-hydrogen) atoms. The summed E-state index contributed by atoms with van der Waals surface area (Å²) >= 11 is 0. The van der Waals surface area contributed by atoms with Gasteiger partial charge in [0.15, 0.2) is 11.5 Å². The highest BCUT2D eigenvalue weighted by atomic mass is 16.6. The van der Waals surface area contributed by atoms with Crippen LogP contribution in [0.4, 0.5) is 5.69 Å². The van der Waals surface area contributed by atoms with Crippen LogP contribution in [0.15, 0.2) is 42.5 Å². The molecule has 0 unspecified atom stereocenters. The average molecular weight is 424 g/mol. The molecule has 5 rings (SSSR count). The number of rotatable bonds is 4. The molecule has 0 radical (unpaired) electrons. The normalized spacial score (nSPS) is 21.4. The lowest BCUT2D eigenvalue weighted by molar-refractivity contribution is -0.133. The fraction of sp³-hybridized carbons (Fsp3) is 0.458. The molecule has 2 aromatic carbocycles. The second kappa shape index (κ2) is 8.67. The molecule has 0 spiro atoms. The quantitative estimate of drug-likeness (QED) is 0.816. The van der Waals surface area contributed by atoms with Gasteiger partial charge < -0.3 is 24.4 Å². The molecule has 2 fully saturated rings. The number of phenolic OH excluding ortho intramolecular Hbond substituents is 1. The molecule has 0 aliphatic carbocycles. The number of nitrogens with zero attached hydrogens (tertiary/aromatic N) is 3. The number of amides is 1. The van der Waals surface area contributed by atoms with Gasteiger partial charge in [0.2, 0.25) is 5.91 Å². The highest BCUT2D eigenvalue weighted by Crippen LogP contribution is 2.38. The Labute approximate surface area is 182 Å². The molecule has 3 aliphatic heterocycles. The van der Waals surface area contributed by atoms with Crippen LogP contribution in [0.3, 0.4) is 0 Å². The highest BCUT2D eigenvalue weighted by Gasteiger charge is 2.32. The lowest BCUT2D eigenvalue weighted by Gasteiger charge is -2.37. The number of phenols is 1. The highest BCUT2D eigenvalue weighted by molar-refractivity contribution is 5.79. The van der Waals surface area contributed by atoms with E-state index in [1.807, 2.05) is 35.2 Å². The number of anilines is 1. The Morgan fingerprint density at radius 2 is 1.74 bits per heavy atom. The number of likely N-dealkylation sites (tertiary alicyclic amines) is 1. The molecule has 2 saturated heterocycles. The molecule has 0 aromatic heterocycles. The van der Waals surface area contributed by atoms with E-state index < -0.39 is 0 Å². The van der Waals surface area contributed by atoms with E-state index in [1.165, 1.54) is 0 Å². The Balaban J connectivity index is 1.20. The van der Waals surface area contributed by atoms with Gasteiger partial charge in [-0.1, -0.05) is 18.2 Å². The van der Waals surface area contributed by atoms with Crippen LogP contribution in [-0.4, -0.2) is 73.3 Å². The summed E-state index contributed by atoms with van der Waals surface area (Å²) in [6, 6.07) is 13.6. The fourth-order valence-electron chi connectivity index (χ4n) is 4.84. The standard InChI is InChI=1S/C24H29N3O4/c28-21-6-2-1-4-20(21)26-12-10-25(11-13-26)17-24(29)27-9-3-5-19(27)18-7-8-22-23(16-18)31-15-14-30-22/h1-2,4,6-8,16,19,28H,3,5,9-15,17H2/t19-/m0/s1. The van der Waals surface area contributed by atoms with Crippen LogP contribution in [0.1, 0.15) is 24.4 Å². The van der Waals surface area contributed by atoms with Gasteiger partial charge in [0.25, 0.3) is 0 Å². The Bertz CT molecular complexity index is 942. The van der Waals surface area contributed by atoms with E-state index in [-0.39, 0.29) is 11.9 Å². The van der Waals surface area contributed by atoms with E-state index in [0.717, 1.165) is 68.3 Å². The molecule has 0 saturated carbocycles. The maximum absolute atomic E-state index is 13.2. The number of fused-ring (bicyclic) bond motifs is 1. The number of benzene rings is 2. The number of carbonyl (C=O) groups excluding carboxylic acids is 1. The van der Waals surface area contributed by atoms with Gasteiger partial charge in [-0.15, -0.1) is 0 Å². The van der Waals surface area contributed by atoms with Gasteiger partial charge in [-0.3, -0.25) is 9.69 Å². The summed E-state index contributed by atoms with van der Waals surface area (Å²) in [5.74, 6) is 2.07. The third kappa shape index (κ3) is 4.14. The number of piperazine rings is 1. The van der Waals surface area contributed by atoms with E-state index in [0.29, 0.717) is 25.5 Å². The zero-order valence-corrected chi connectivity index (χ0v) is 17.7. The van der Waals surface area contributed by atoms with Gasteiger partial charge >= 0.3 is 0 Å². The summed E-state index contributed by atoms with van der Waals surface area (Å²) in [4.78, 5) is 19.6. The van der Waals surface area contributed by atoms with Gasteiger partial charge in [-0.05, 0) is 42.7 Å². The Morgan fingerprint density at radius 1 is 0.968 bits per heavy atom. The van der Waals surface area contributed by atoms with E-state index in [2.05, 4.69) is 15.9 Å². The van der Waals surface area contributed by atoms with Crippen LogP contribution < -0.4 is 14.4 Å². The van der Waals surface area contributed by atoms with Crippen molar-refractivity contribution in [3.63, 3.8) is 0 Å². The number of ether oxygens (including phenoxy) is 2. The van der Waals surface area contributed by atoms with Gasteiger partial charge in [0.05, 0.1) is 18.3 Å². The second-order valence-electron chi connectivity index (χ2n) is 8.40. The summed E-state index contributed by atoms with van der Waals surface area (Å²) in [6.45, 7) is 5.61. The van der Waals surface area contributed by atoms with Gasteiger partial charge in [-0.2, -0.15) is 0 Å². The minimum atomic E-state index is 0.103. The van der Waals surface area contributed by atoms with Crippen molar-refractivity contribution >= 4 is 11.6 Å². The molecule has 1 amide bonds. The predicted molar refractivity (Wildman–Crippen MR) is 118 cm³/mol. The van der Waals surface area contributed by atoms with Crippen LogP contribution >= 0.6 is 0 Å². The third-order valence-electron chi connectivity index (χ3n) is 6.48. The van der Waals surface area contributed by atoms with Gasteiger partial charge in [-0.25, -0.2) is 0 Å². The van der Waals surface area contributed by atoms with Crippen molar-refractivity contribution in [1.82, 2.24) is 9.80 Å². The third-order valence-corrected chi connectivity index (χ3v) is 6.48. The first-order valence-corrected chi connectivity index (χ1v) is 11.1. The number of para-hydroxylation sites is 2. The lowest BCUT2D eigenvalue weighted by Crippen LogP contribution is -2.50. The Hall–Kier alpha value is -2.93. The van der Waals surface area contributed by atoms with Crippen LogP contribution in [0.25, 0.3) is 0 Å². The van der Waals surface area contributed by atoms with Gasteiger partial charge in [0.1, 0.15) is 19.0 Å². The smallest absolute Gasteiger partial charge is 0.237 e. The Morgan fingerprint density at radius 3 is 2.55 bits per heavy atom. The van der Waals surface area contributed by atoms with Crippen LogP contribution in [0, 0.1) is 0 Å². The molecule has 3 aliphatic rings. The maximum atomic E-state index is 13.2. The lowest BCUT2D eigenvalue weighted by atomic mass is 10.0. The number of carbonyl (C=O) groups is 1. The fourth-order valence-corrected chi connectivity index (χ4v) is 4.84. The summed E-state index contributed by atoms with van der Waals surface area (Å²) in [5, 5.41) is 10.1. The number of hydrogen-bond donors (Lipinski definition) is 1. The molecule has 1 atom stereocenters. The zero-order chi connectivity index (χ0) is 21.2. The average Bonchev–Trinajstić information content (AvgIpc) is 3.30. The first kappa shape index (κ1) is 20.0. The monoisotopic (exact) mass is 423 g/mol. The number of hydrogen-bond acceptors (Lipinski definition) is 6. The molecule has 7 heteroatoms. The van der Waals surface area contributed by atoms with Crippen molar-refractivity contribution in [3.05, 3.63) is 48.0 Å². The van der Waals surface area contributed by atoms with Crippen molar-refractivity contribution in [1.29, 1.82) is 0 Å². The maximum Gasteiger partial charge on any atom is 0.237 e. The topological polar surface area (TPSA) is 65.5 Å². The molecular weight excluding hydrogens is 394 g/mol. The minimum Gasteiger partial charge on any atom is -0.506 e. The van der Waals surface area contributed by atoms with Crippen LogP contribution in [0.5, 0.6) is 17.2 Å². The van der Waals surface area contributed by atoms with Crippen molar-refractivity contribution < 1.29 is 19.4 Å². The second-order valence-corrected chi connectivity index (χ2v) is 8.40. The summed E-state index contributed by atoms with van der Waals surface area (Å²) < 4.78 is 11.4. The SMILES string of the molecule is O=C(CN1CCN(c2ccccc2O)CC1)N1CCC[C@H]1c1ccc2c(c1)OCCO2. The van der Waals surface area contributed by atoms with Gasteiger partial charge in [0, 0.05) is 32.7 Å². The molecule has 1 N–H and O–H groups in total. The van der Waals surface area contributed by atoms with E-state index >= 15 is 0 Å². The minimum absolute atomic E-state index is 0.103. The molecule has 2 aromatic rings. The van der Waals surface area contributed by atoms with Crippen molar-refractivity contribution in [2.45, 2.75) is 18.9 Å². The van der Waals surface area contributed by atoms with Crippen molar-refractivity contribution in [2.75, 3.05) is 57.4 Å². The summed E-state index contributed by atoms with van der Waals surface area (Å²) in [5.41, 5.74) is 1.99. The van der Waals surface area contributed by atoms with Crippen LogP contribution in [-0.2, 0) is 4.79 Å². The van der Waals surface area contributed by atoms with Crippen molar-refractivity contribution in [2.24, 2.45) is 0 Å². The first-order chi connectivity index (χ1) is 15.2. The Kier molecular flexibility index (Phi) is 5.59. The largest absolute Gasteiger partial charge is 0.506 e. The molecule has 7 nitrogen and oxygen atoms in total. The summed E-state index contributed by atoms with van der Waals surface area (Å²) in [7, 11) is 0. The molecular formula is C24H29N3O4. The zero-order valence-electron chi connectivity index (χ0n) is 17.7. The van der Waals surface area contributed by atoms with Crippen LogP contribution in [0.2, 0.25) is 0 Å². The van der Waals surface area contributed by atoms with Crippen molar-refractivity contribution in [3.8, 4) is 17.2 Å². The molecule has 164 valence electrons. The molecule has 0 bridgehead atoms. The van der Waals surface area contributed by atoms with E-state index in [9.17, 15) is 9.90 Å². The predicted octanol–water partition coefficient (Wildman–Crippen LogP) is 2.65. The van der Waals surface area contributed by atoms with E-state index in [1.54, 1.807) is 6.07 Å². The first-order valence-electron chi connectivity index (χ1n) is 11.1. The number of aromatic hydroxyl groups is 1. The van der Waals surface area contributed by atoms with E-state index in [4.69, 9.17) is 9.47 Å².